The zero-order valence-electron chi connectivity index (χ0n) is 7.29. The molecule has 0 amide bonds. The maximum atomic E-state index is 10.00. The van der Waals surface area contributed by atoms with Gasteiger partial charge in [0.1, 0.15) is 5.75 Å². The number of nitro groups is 1. The number of rotatable bonds is 4. The predicted molar refractivity (Wildman–Crippen MR) is 49.4 cm³/mol. The van der Waals surface area contributed by atoms with Gasteiger partial charge in [0.15, 0.2) is 0 Å². The van der Waals surface area contributed by atoms with Gasteiger partial charge in [0.2, 0.25) is 0 Å². The van der Waals surface area contributed by atoms with E-state index in [4.69, 9.17) is 15.6 Å². The third-order valence-electron chi connectivity index (χ3n) is 1.46. The molecule has 1 unspecified atom stereocenters. The van der Waals surface area contributed by atoms with Crippen LogP contribution in [0, 0.1) is 10.1 Å². The zero-order chi connectivity index (χ0) is 10.6. The minimum absolute atomic E-state index is 0.341. The summed E-state index contributed by atoms with van der Waals surface area (Å²) in [5.41, 5.74) is 5.97. The lowest BCUT2D eigenvalue weighted by Gasteiger charge is -2.09. The van der Waals surface area contributed by atoms with Crippen molar-refractivity contribution < 1.29 is 14.8 Å². The maximum Gasteiger partial charge on any atom is 0.265 e. The zero-order valence-corrected chi connectivity index (χ0v) is 7.29. The summed E-state index contributed by atoms with van der Waals surface area (Å²) in [5, 5.41) is 19.0. The fourth-order valence-electron chi connectivity index (χ4n) is 0.868. The molecule has 1 aromatic rings. The topological polar surface area (TPSA) is 98.6 Å². The predicted octanol–water partition coefficient (Wildman–Crippen LogP) is 0.243. The van der Waals surface area contributed by atoms with Crippen molar-refractivity contribution in [2.45, 2.75) is 6.29 Å². The lowest BCUT2D eigenvalue weighted by Crippen LogP contribution is -2.25. The molecule has 0 aliphatic rings. The first kappa shape index (κ1) is 10.3. The molecule has 0 aliphatic heterocycles. The Hall–Kier alpha value is -1.82. The number of hydrogen-bond donors (Lipinski definition) is 2. The Morgan fingerprint density at radius 2 is 2.07 bits per heavy atom. The monoisotopic (exact) mass is 198 g/mol. The number of aliphatic hydroxyl groups excluding tert-OH is 1. The Kier molecular flexibility index (Phi) is 3.24. The molecule has 0 fully saturated rings. The standard InChI is InChI=1S/C8H10N2O4/c9-6-1-3-7(4-2-6)14-8(11)5-10(12)13/h1-4,8,11H,5,9H2. The van der Waals surface area contributed by atoms with E-state index in [1.54, 1.807) is 12.1 Å². The molecule has 0 saturated carbocycles. The molecule has 1 atom stereocenters. The second-order valence-corrected chi connectivity index (χ2v) is 2.66. The summed E-state index contributed by atoms with van der Waals surface area (Å²) >= 11 is 0. The van der Waals surface area contributed by atoms with E-state index >= 15 is 0 Å². The van der Waals surface area contributed by atoms with E-state index in [9.17, 15) is 10.1 Å². The van der Waals surface area contributed by atoms with Crippen LogP contribution in [0.25, 0.3) is 0 Å². The fourth-order valence-corrected chi connectivity index (χ4v) is 0.868. The molecule has 14 heavy (non-hydrogen) atoms. The Bertz CT molecular complexity index is 312. The number of ether oxygens (including phenoxy) is 1. The van der Waals surface area contributed by atoms with Gasteiger partial charge in [-0.05, 0) is 24.3 Å². The molecule has 6 heteroatoms. The quantitative estimate of drug-likeness (QED) is 0.312. The molecule has 6 nitrogen and oxygen atoms in total. The van der Waals surface area contributed by atoms with Gasteiger partial charge in [0.25, 0.3) is 12.8 Å². The Morgan fingerprint density at radius 1 is 1.50 bits per heavy atom. The van der Waals surface area contributed by atoms with Gasteiger partial charge in [-0.1, -0.05) is 0 Å². The van der Waals surface area contributed by atoms with Crippen molar-refractivity contribution in [1.29, 1.82) is 0 Å². The normalized spacial score (nSPS) is 12.1. The van der Waals surface area contributed by atoms with Crippen molar-refractivity contribution in [3.05, 3.63) is 34.4 Å². The van der Waals surface area contributed by atoms with Gasteiger partial charge in [0.05, 0.1) is 0 Å². The van der Waals surface area contributed by atoms with E-state index in [0.29, 0.717) is 11.4 Å². The molecule has 0 spiro atoms. The molecule has 3 N–H and O–H groups in total. The molecule has 76 valence electrons. The van der Waals surface area contributed by atoms with Gasteiger partial charge in [0, 0.05) is 10.6 Å². The number of nitrogen functional groups attached to an aromatic ring is 1. The Balaban J connectivity index is 2.51. The van der Waals surface area contributed by atoms with Crippen molar-refractivity contribution in [1.82, 2.24) is 0 Å². The molecule has 0 bridgehead atoms. The average Bonchev–Trinajstić information content (AvgIpc) is 2.07. The smallest absolute Gasteiger partial charge is 0.265 e. The molecule has 1 aromatic carbocycles. The molecule has 0 radical (unpaired) electrons. The van der Waals surface area contributed by atoms with Gasteiger partial charge in [-0.2, -0.15) is 0 Å². The summed E-state index contributed by atoms with van der Waals surface area (Å²) in [6.45, 7) is -0.648. The van der Waals surface area contributed by atoms with Crippen LogP contribution in [0.2, 0.25) is 0 Å². The molecular weight excluding hydrogens is 188 g/mol. The van der Waals surface area contributed by atoms with E-state index in [2.05, 4.69) is 0 Å². The molecule has 0 heterocycles. The van der Waals surface area contributed by atoms with Crippen molar-refractivity contribution in [3.8, 4) is 5.75 Å². The Morgan fingerprint density at radius 3 is 2.57 bits per heavy atom. The van der Waals surface area contributed by atoms with Crippen LogP contribution in [0.1, 0.15) is 0 Å². The number of nitrogens with zero attached hydrogens (tertiary/aromatic N) is 1. The highest BCUT2D eigenvalue weighted by Gasteiger charge is 2.12. The van der Waals surface area contributed by atoms with E-state index in [0.717, 1.165) is 0 Å². The number of benzene rings is 1. The van der Waals surface area contributed by atoms with Gasteiger partial charge >= 0.3 is 0 Å². The largest absolute Gasteiger partial charge is 0.458 e. The molecule has 0 aromatic heterocycles. The van der Waals surface area contributed by atoms with Crippen LogP contribution < -0.4 is 10.5 Å². The highest BCUT2D eigenvalue weighted by molar-refractivity contribution is 5.41. The summed E-state index contributed by atoms with van der Waals surface area (Å²) in [6, 6.07) is 6.21. The second-order valence-electron chi connectivity index (χ2n) is 2.66. The minimum atomic E-state index is -1.44. The first-order valence-corrected chi connectivity index (χ1v) is 3.90. The fraction of sp³-hybridized carbons (Fsp3) is 0.250. The van der Waals surface area contributed by atoms with Crippen molar-refractivity contribution >= 4 is 5.69 Å². The van der Waals surface area contributed by atoms with Crippen LogP contribution in [-0.4, -0.2) is 22.9 Å². The number of aliphatic hydroxyl groups is 1. The van der Waals surface area contributed by atoms with Gasteiger partial charge < -0.3 is 15.6 Å². The average molecular weight is 198 g/mol. The first-order valence-electron chi connectivity index (χ1n) is 3.90. The second kappa shape index (κ2) is 4.43. The lowest BCUT2D eigenvalue weighted by molar-refractivity contribution is -0.499. The van der Waals surface area contributed by atoms with Crippen LogP contribution in [0.3, 0.4) is 0 Å². The maximum absolute atomic E-state index is 10.00. The van der Waals surface area contributed by atoms with Gasteiger partial charge in [-0.15, -0.1) is 0 Å². The van der Waals surface area contributed by atoms with Crippen molar-refractivity contribution in [2.75, 3.05) is 12.3 Å². The molecular formula is C8H10N2O4. The summed E-state index contributed by atoms with van der Waals surface area (Å²) in [5.74, 6) is 0.341. The van der Waals surface area contributed by atoms with E-state index in [1.165, 1.54) is 12.1 Å². The van der Waals surface area contributed by atoms with Crippen LogP contribution in [0.5, 0.6) is 5.75 Å². The van der Waals surface area contributed by atoms with Gasteiger partial charge in [-0.3, -0.25) is 10.1 Å². The van der Waals surface area contributed by atoms with Crippen LogP contribution in [0.4, 0.5) is 5.69 Å². The lowest BCUT2D eigenvalue weighted by atomic mass is 10.3. The summed E-state index contributed by atoms with van der Waals surface area (Å²) in [7, 11) is 0. The van der Waals surface area contributed by atoms with Crippen LogP contribution in [-0.2, 0) is 0 Å². The minimum Gasteiger partial charge on any atom is -0.458 e. The molecule has 1 rings (SSSR count). The summed E-state index contributed by atoms with van der Waals surface area (Å²) in [4.78, 5) is 9.35. The van der Waals surface area contributed by atoms with E-state index in [-0.39, 0.29) is 0 Å². The number of anilines is 1. The van der Waals surface area contributed by atoms with E-state index < -0.39 is 17.8 Å². The third-order valence-corrected chi connectivity index (χ3v) is 1.46. The summed E-state index contributed by atoms with van der Waals surface area (Å²) < 4.78 is 4.84. The van der Waals surface area contributed by atoms with Crippen LogP contribution in [0.15, 0.2) is 24.3 Å². The first-order chi connectivity index (χ1) is 6.58. The van der Waals surface area contributed by atoms with E-state index in [1.807, 2.05) is 0 Å². The van der Waals surface area contributed by atoms with Gasteiger partial charge in [-0.25, -0.2) is 0 Å². The van der Waals surface area contributed by atoms with Crippen molar-refractivity contribution in [2.24, 2.45) is 0 Å². The highest BCUT2D eigenvalue weighted by atomic mass is 16.6. The summed E-state index contributed by atoms with van der Waals surface area (Å²) in [6.07, 6.45) is -1.44. The molecule has 0 saturated heterocycles. The Labute approximate surface area is 80.1 Å². The molecule has 0 aliphatic carbocycles. The number of nitrogens with two attached hydrogens (primary N) is 1. The van der Waals surface area contributed by atoms with Crippen molar-refractivity contribution in [3.63, 3.8) is 0 Å². The number of hydrogen-bond acceptors (Lipinski definition) is 5. The highest BCUT2D eigenvalue weighted by Crippen LogP contribution is 2.14. The van der Waals surface area contributed by atoms with Crippen LogP contribution >= 0.6 is 0 Å². The third kappa shape index (κ3) is 3.28. The SMILES string of the molecule is Nc1ccc(OC(O)C[N+](=O)[O-])cc1.